The number of carbonyl (C=O) groups is 2. The molecule has 0 radical (unpaired) electrons. The lowest BCUT2D eigenvalue weighted by Crippen LogP contribution is -2.37. The summed E-state index contributed by atoms with van der Waals surface area (Å²) in [5.74, 6) is -1.00. The number of benzene rings is 2. The minimum atomic E-state index is -1.32. The van der Waals surface area contributed by atoms with Gasteiger partial charge in [0.05, 0.1) is 18.8 Å². The van der Waals surface area contributed by atoms with Crippen LogP contribution in [-0.4, -0.2) is 44.9 Å². The molecule has 2 aromatic carbocycles. The van der Waals surface area contributed by atoms with Gasteiger partial charge in [-0.15, -0.1) is 0 Å². The number of hydrogen-bond donors (Lipinski definition) is 1. The summed E-state index contributed by atoms with van der Waals surface area (Å²) < 4.78 is 10.8. The molecule has 0 saturated carbocycles. The van der Waals surface area contributed by atoms with E-state index >= 15 is 0 Å². The smallest absolute Gasteiger partial charge is 0.271 e. The molecule has 2 rings (SSSR count). The number of anilines is 1. The number of ether oxygens (including phenoxy) is 2. The normalized spacial score (nSPS) is 11.7. The number of rotatable bonds is 9. The number of carboxylic acid groups (broad SMARTS) is 1. The van der Waals surface area contributed by atoms with Gasteiger partial charge >= 0.3 is 0 Å². The zero-order chi connectivity index (χ0) is 21.4. The molecule has 0 bridgehead atoms. The van der Waals surface area contributed by atoms with Crippen molar-refractivity contribution in [1.82, 2.24) is 5.43 Å². The summed E-state index contributed by atoms with van der Waals surface area (Å²) in [6.07, 6.45) is 0.341. The van der Waals surface area contributed by atoms with Crippen LogP contribution in [0, 0.1) is 0 Å². The second-order valence-corrected chi connectivity index (χ2v) is 6.36. The number of aliphatic carboxylic acids is 1. The van der Waals surface area contributed by atoms with Gasteiger partial charge in [0.25, 0.3) is 5.91 Å². The molecule has 2 aromatic rings. The number of nitrogens with zero attached hydrogens (tertiary/aromatic N) is 2. The van der Waals surface area contributed by atoms with Gasteiger partial charge in [-0.25, -0.2) is 5.43 Å². The standard InChI is InChI=1S/C21H25N3O5/c1-5-28-19-11-15(9-10-18(19)29-14(2)21(26)27)13-22-23-20(25)16-7-6-8-17(12-16)24(3)4/h6-14H,5H2,1-4H3,(H,23,25)(H,26,27)/p-1/b22-13-/t14-/m0/s1. The van der Waals surface area contributed by atoms with Gasteiger partial charge in [-0.3, -0.25) is 4.79 Å². The van der Waals surface area contributed by atoms with Gasteiger partial charge in [0.1, 0.15) is 6.10 Å². The van der Waals surface area contributed by atoms with E-state index < -0.39 is 12.1 Å². The van der Waals surface area contributed by atoms with Gasteiger partial charge in [-0.1, -0.05) is 6.07 Å². The van der Waals surface area contributed by atoms with Gasteiger partial charge in [0.15, 0.2) is 11.5 Å². The van der Waals surface area contributed by atoms with Crippen molar-refractivity contribution in [1.29, 1.82) is 0 Å². The number of hydrazone groups is 1. The minimum absolute atomic E-state index is 0.283. The van der Waals surface area contributed by atoms with Crippen LogP contribution in [-0.2, 0) is 4.79 Å². The van der Waals surface area contributed by atoms with Crippen molar-refractivity contribution >= 4 is 23.8 Å². The fourth-order valence-corrected chi connectivity index (χ4v) is 2.36. The molecule has 0 unspecified atom stereocenters. The first-order chi connectivity index (χ1) is 13.8. The van der Waals surface area contributed by atoms with Crippen LogP contribution in [0.25, 0.3) is 0 Å². The molecule has 0 saturated heterocycles. The van der Waals surface area contributed by atoms with E-state index in [0.717, 1.165) is 5.69 Å². The molecule has 1 amide bonds. The molecule has 8 nitrogen and oxygen atoms in total. The van der Waals surface area contributed by atoms with Gasteiger partial charge in [-0.05, 0) is 55.8 Å². The zero-order valence-electron chi connectivity index (χ0n) is 16.8. The van der Waals surface area contributed by atoms with Crippen molar-refractivity contribution in [3.05, 3.63) is 53.6 Å². The van der Waals surface area contributed by atoms with Crippen LogP contribution >= 0.6 is 0 Å². The number of hydrogen-bond acceptors (Lipinski definition) is 7. The van der Waals surface area contributed by atoms with Crippen molar-refractivity contribution in [2.75, 3.05) is 25.6 Å². The largest absolute Gasteiger partial charge is 0.546 e. The van der Waals surface area contributed by atoms with Crippen molar-refractivity contribution in [2.45, 2.75) is 20.0 Å². The van der Waals surface area contributed by atoms with Crippen molar-refractivity contribution in [3.8, 4) is 11.5 Å². The monoisotopic (exact) mass is 398 g/mol. The molecule has 1 N–H and O–H groups in total. The zero-order valence-corrected chi connectivity index (χ0v) is 16.8. The minimum Gasteiger partial charge on any atom is -0.546 e. The lowest BCUT2D eigenvalue weighted by molar-refractivity contribution is -0.312. The third-order valence-electron chi connectivity index (χ3n) is 3.91. The Labute approximate surface area is 169 Å². The van der Waals surface area contributed by atoms with Gasteiger partial charge < -0.3 is 24.3 Å². The number of carboxylic acids is 1. The van der Waals surface area contributed by atoms with E-state index in [0.29, 0.717) is 23.5 Å². The maximum absolute atomic E-state index is 12.3. The molecule has 0 aliphatic heterocycles. The third kappa shape index (κ3) is 6.24. The molecule has 0 aliphatic rings. The summed E-state index contributed by atoms with van der Waals surface area (Å²) in [7, 11) is 3.79. The van der Waals surface area contributed by atoms with E-state index in [1.165, 1.54) is 13.1 Å². The molecule has 0 fully saturated rings. The van der Waals surface area contributed by atoms with Crippen molar-refractivity contribution in [2.24, 2.45) is 5.10 Å². The predicted octanol–water partition coefficient (Wildman–Crippen LogP) is 1.43. The van der Waals surface area contributed by atoms with Gasteiger partial charge in [0, 0.05) is 25.3 Å². The highest BCUT2D eigenvalue weighted by molar-refractivity contribution is 5.95. The quantitative estimate of drug-likeness (QED) is 0.506. The Bertz CT molecular complexity index is 896. The maximum atomic E-state index is 12.3. The molecule has 0 spiro atoms. The Morgan fingerprint density at radius 2 is 1.97 bits per heavy atom. The molecule has 0 aromatic heterocycles. The Morgan fingerprint density at radius 1 is 1.21 bits per heavy atom. The molecule has 29 heavy (non-hydrogen) atoms. The van der Waals surface area contributed by atoms with Crippen LogP contribution in [0.4, 0.5) is 5.69 Å². The highest BCUT2D eigenvalue weighted by atomic mass is 16.5. The van der Waals surface area contributed by atoms with Crippen LogP contribution in [0.1, 0.15) is 29.8 Å². The SMILES string of the molecule is CCOc1cc(/C=N\NC(=O)c2cccc(N(C)C)c2)ccc1O[C@@H](C)C(=O)[O-]. The van der Waals surface area contributed by atoms with Crippen LogP contribution in [0.2, 0.25) is 0 Å². The first-order valence-corrected chi connectivity index (χ1v) is 9.07. The molecular weight excluding hydrogens is 374 g/mol. The third-order valence-corrected chi connectivity index (χ3v) is 3.91. The summed E-state index contributed by atoms with van der Waals surface area (Å²) >= 11 is 0. The van der Waals surface area contributed by atoms with Crippen LogP contribution in [0.3, 0.4) is 0 Å². The van der Waals surface area contributed by atoms with E-state index in [9.17, 15) is 14.7 Å². The molecular formula is C21H24N3O5-. The Hall–Kier alpha value is -3.55. The topological polar surface area (TPSA) is 103 Å². The summed E-state index contributed by atoms with van der Waals surface area (Å²) in [6.45, 7) is 3.55. The molecule has 154 valence electrons. The summed E-state index contributed by atoms with van der Waals surface area (Å²) in [5, 5.41) is 14.9. The second kappa shape index (κ2) is 10.1. The van der Waals surface area contributed by atoms with Crippen LogP contribution < -0.4 is 24.9 Å². The Morgan fingerprint density at radius 3 is 2.62 bits per heavy atom. The summed E-state index contributed by atoms with van der Waals surface area (Å²) in [5.41, 5.74) is 4.52. The maximum Gasteiger partial charge on any atom is 0.271 e. The van der Waals surface area contributed by atoms with Gasteiger partial charge in [0.2, 0.25) is 0 Å². The average molecular weight is 398 g/mol. The second-order valence-electron chi connectivity index (χ2n) is 6.36. The first kappa shape index (κ1) is 21.7. The predicted molar refractivity (Wildman–Crippen MR) is 109 cm³/mol. The number of amides is 1. The lowest BCUT2D eigenvalue weighted by Gasteiger charge is -2.18. The molecule has 8 heteroatoms. The summed E-state index contributed by atoms with van der Waals surface area (Å²) in [6, 6.07) is 12.1. The first-order valence-electron chi connectivity index (χ1n) is 9.07. The Balaban J connectivity index is 2.09. The van der Waals surface area contributed by atoms with Crippen LogP contribution in [0.15, 0.2) is 47.6 Å². The Kier molecular flexibility index (Phi) is 7.59. The van der Waals surface area contributed by atoms with Gasteiger partial charge in [-0.2, -0.15) is 5.10 Å². The van der Waals surface area contributed by atoms with E-state index in [1.807, 2.05) is 25.1 Å². The fraction of sp³-hybridized carbons (Fsp3) is 0.286. The molecule has 1 atom stereocenters. The molecule has 0 aliphatic carbocycles. The van der Waals surface area contributed by atoms with Crippen LogP contribution in [0.5, 0.6) is 11.5 Å². The number of carbonyl (C=O) groups excluding carboxylic acids is 2. The summed E-state index contributed by atoms with van der Waals surface area (Å²) in [4.78, 5) is 25.1. The average Bonchev–Trinajstić information content (AvgIpc) is 2.69. The highest BCUT2D eigenvalue weighted by Gasteiger charge is 2.11. The van der Waals surface area contributed by atoms with E-state index in [4.69, 9.17) is 9.47 Å². The van der Waals surface area contributed by atoms with E-state index in [1.54, 1.807) is 43.3 Å². The van der Waals surface area contributed by atoms with Crippen molar-refractivity contribution in [3.63, 3.8) is 0 Å². The fourth-order valence-electron chi connectivity index (χ4n) is 2.36. The lowest BCUT2D eigenvalue weighted by atomic mass is 10.2. The highest BCUT2D eigenvalue weighted by Crippen LogP contribution is 2.29. The molecule has 0 heterocycles. The number of nitrogens with one attached hydrogen (secondary N) is 1. The van der Waals surface area contributed by atoms with E-state index in [2.05, 4.69) is 10.5 Å². The van der Waals surface area contributed by atoms with E-state index in [-0.39, 0.29) is 11.7 Å². The van der Waals surface area contributed by atoms with Crippen molar-refractivity contribution < 1.29 is 24.2 Å².